The summed E-state index contributed by atoms with van der Waals surface area (Å²) < 4.78 is 24.9. The van der Waals surface area contributed by atoms with Crippen LogP contribution in [0.5, 0.6) is 0 Å². The Hall–Kier alpha value is -0.820. The summed E-state index contributed by atoms with van der Waals surface area (Å²) >= 11 is 5.81. The van der Waals surface area contributed by atoms with Crippen molar-refractivity contribution in [2.24, 2.45) is 0 Å². The predicted octanol–water partition coefficient (Wildman–Crippen LogP) is 0.535. The molecule has 0 aliphatic heterocycles. The first-order valence-electron chi connectivity index (χ1n) is 4.52. The summed E-state index contributed by atoms with van der Waals surface area (Å²) in [6.07, 6.45) is 0. The molecule has 0 spiro atoms. The van der Waals surface area contributed by atoms with Gasteiger partial charge >= 0.3 is 0 Å². The fourth-order valence-corrected chi connectivity index (χ4v) is 2.84. The summed E-state index contributed by atoms with van der Waals surface area (Å²) in [6.45, 7) is -0.231. The molecule has 0 unspecified atom stereocenters. The minimum Gasteiger partial charge on any atom is -0.399 e. The van der Waals surface area contributed by atoms with E-state index in [-0.39, 0.29) is 23.1 Å². The van der Waals surface area contributed by atoms with E-state index in [0.717, 1.165) is 4.31 Å². The summed E-state index contributed by atoms with van der Waals surface area (Å²) in [6, 6.07) is 4.19. The zero-order chi connectivity index (χ0) is 12.3. The minimum absolute atomic E-state index is 0.0145. The highest BCUT2D eigenvalue weighted by Gasteiger charge is 2.22. The van der Waals surface area contributed by atoms with Crippen LogP contribution in [0.25, 0.3) is 0 Å². The van der Waals surface area contributed by atoms with Crippen LogP contribution < -0.4 is 5.73 Å². The lowest BCUT2D eigenvalue weighted by Crippen LogP contribution is -2.29. The highest BCUT2D eigenvalue weighted by Crippen LogP contribution is 2.25. The van der Waals surface area contributed by atoms with Crippen molar-refractivity contribution < 1.29 is 13.5 Å². The lowest BCUT2D eigenvalue weighted by Gasteiger charge is -2.16. The van der Waals surface area contributed by atoms with Gasteiger partial charge in [-0.1, -0.05) is 11.6 Å². The second-order valence-electron chi connectivity index (χ2n) is 3.24. The average molecular weight is 265 g/mol. The van der Waals surface area contributed by atoms with Gasteiger partial charge in [0, 0.05) is 19.3 Å². The molecule has 1 rings (SSSR count). The molecule has 0 heterocycles. The third kappa shape index (κ3) is 2.65. The third-order valence-electron chi connectivity index (χ3n) is 2.06. The van der Waals surface area contributed by atoms with E-state index in [9.17, 15) is 8.42 Å². The van der Waals surface area contributed by atoms with Crippen LogP contribution >= 0.6 is 11.6 Å². The minimum atomic E-state index is -3.66. The van der Waals surface area contributed by atoms with E-state index in [2.05, 4.69) is 0 Å². The lowest BCUT2D eigenvalue weighted by atomic mass is 10.3. The van der Waals surface area contributed by atoms with Crippen LogP contribution in [-0.4, -0.2) is 38.0 Å². The standard InChI is InChI=1S/C9H13ClN2O3S/c1-12(4-5-13)16(14,15)9-3-2-7(11)6-8(9)10/h2-3,6,13H,4-5,11H2,1H3. The normalized spacial score (nSPS) is 12.0. The van der Waals surface area contributed by atoms with Gasteiger partial charge in [0.2, 0.25) is 10.0 Å². The number of hydrogen-bond donors (Lipinski definition) is 2. The Balaban J connectivity index is 3.17. The van der Waals surface area contributed by atoms with E-state index in [1.54, 1.807) is 0 Å². The molecule has 16 heavy (non-hydrogen) atoms. The number of nitrogens with zero attached hydrogens (tertiary/aromatic N) is 1. The van der Waals surface area contributed by atoms with Gasteiger partial charge in [-0.05, 0) is 18.2 Å². The second kappa shape index (κ2) is 5.01. The molecule has 0 fully saturated rings. The maximum atomic E-state index is 11.9. The van der Waals surface area contributed by atoms with Gasteiger partial charge in [-0.3, -0.25) is 0 Å². The molecule has 3 N–H and O–H groups in total. The molecule has 1 aromatic carbocycles. The first kappa shape index (κ1) is 13.2. The fraction of sp³-hybridized carbons (Fsp3) is 0.333. The van der Waals surface area contributed by atoms with Crippen molar-refractivity contribution in [2.45, 2.75) is 4.90 Å². The predicted molar refractivity (Wildman–Crippen MR) is 62.8 cm³/mol. The quantitative estimate of drug-likeness (QED) is 0.778. The van der Waals surface area contributed by atoms with Gasteiger partial charge in [-0.15, -0.1) is 0 Å². The van der Waals surface area contributed by atoms with E-state index in [4.69, 9.17) is 22.4 Å². The van der Waals surface area contributed by atoms with Gasteiger partial charge in [0.25, 0.3) is 0 Å². The Bertz CT molecular complexity index is 476. The molecule has 0 amide bonds. The molecule has 0 atom stereocenters. The number of halogens is 1. The molecule has 5 nitrogen and oxygen atoms in total. The molecule has 7 heteroatoms. The third-order valence-corrected chi connectivity index (χ3v) is 4.40. The van der Waals surface area contributed by atoms with Crippen molar-refractivity contribution in [1.82, 2.24) is 4.31 Å². The Labute approximate surface area is 99.5 Å². The molecular weight excluding hydrogens is 252 g/mol. The van der Waals surface area contributed by atoms with Crippen molar-refractivity contribution in [3.63, 3.8) is 0 Å². The van der Waals surface area contributed by atoms with E-state index >= 15 is 0 Å². The zero-order valence-corrected chi connectivity index (χ0v) is 10.3. The monoisotopic (exact) mass is 264 g/mol. The van der Waals surface area contributed by atoms with Crippen molar-refractivity contribution in [3.05, 3.63) is 23.2 Å². The summed E-state index contributed by atoms with van der Waals surface area (Å²) in [5.74, 6) is 0. The Morgan fingerprint density at radius 3 is 2.62 bits per heavy atom. The van der Waals surface area contributed by atoms with E-state index in [1.165, 1.54) is 25.2 Å². The number of rotatable bonds is 4. The summed E-state index contributed by atoms with van der Waals surface area (Å²) in [5.41, 5.74) is 5.87. The van der Waals surface area contributed by atoms with Crippen molar-refractivity contribution in [3.8, 4) is 0 Å². The van der Waals surface area contributed by atoms with Gasteiger partial charge in [-0.25, -0.2) is 8.42 Å². The molecule has 1 aromatic rings. The largest absolute Gasteiger partial charge is 0.399 e. The van der Waals surface area contributed by atoms with Gasteiger partial charge in [0.1, 0.15) is 4.90 Å². The highest BCUT2D eigenvalue weighted by molar-refractivity contribution is 7.89. The number of benzene rings is 1. The SMILES string of the molecule is CN(CCO)S(=O)(=O)c1ccc(N)cc1Cl. The summed E-state index contributed by atoms with van der Waals surface area (Å²) in [4.78, 5) is -0.0145. The first-order valence-corrected chi connectivity index (χ1v) is 6.33. The van der Waals surface area contributed by atoms with Crippen LogP contribution in [0, 0.1) is 0 Å². The van der Waals surface area contributed by atoms with Crippen LogP contribution in [0.4, 0.5) is 5.69 Å². The molecule has 0 aliphatic rings. The number of anilines is 1. The number of nitrogens with two attached hydrogens (primary N) is 1. The number of sulfonamides is 1. The van der Waals surface area contributed by atoms with Crippen LogP contribution in [0.1, 0.15) is 0 Å². The Kier molecular flexibility index (Phi) is 4.15. The van der Waals surface area contributed by atoms with Gasteiger partial charge < -0.3 is 10.8 Å². The highest BCUT2D eigenvalue weighted by atomic mass is 35.5. The van der Waals surface area contributed by atoms with E-state index in [0.29, 0.717) is 5.69 Å². The van der Waals surface area contributed by atoms with Gasteiger partial charge in [-0.2, -0.15) is 4.31 Å². The maximum Gasteiger partial charge on any atom is 0.244 e. The smallest absolute Gasteiger partial charge is 0.244 e. The Morgan fingerprint density at radius 1 is 1.50 bits per heavy atom. The number of aliphatic hydroxyl groups is 1. The van der Waals surface area contributed by atoms with Crippen molar-refractivity contribution >= 4 is 27.3 Å². The number of nitrogen functional groups attached to an aromatic ring is 1. The van der Waals surface area contributed by atoms with Crippen LogP contribution in [0.2, 0.25) is 5.02 Å². The Morgan fingerprint density at radius 2 is 2.12 bits per heavy atom. The number of aliphatic hydroxyl groups excluding tert-OH is 1. The van der Waals surface area contributed by atoms with Gasteiger partial charge in [0.05, 0.1) is 11.6 Å². The molecule has 0 radical (unpaired) electrons. The lowest BCUT2D eigenvalue weighted by molar-refractivity contribution is 0.266. The topological polar surface area (TPSA) is 83.6 Å². The van der Waals surface area contributed by atoms with E-state index in [1.807, 2.05) is 0 Å². The average Bonchev–Trinajstić information content (AvgIpc) is 2.17. The van der Waals surface area contributed by atoms with E-state index < -0.39 is 10.0 Å². The van der Waals surface area contributed by atoms with Crippen LogP contribution in [0.3, 0.4) is 0 Å². The number of likely N-dealkylation sites (N-methyl/N-ethyl adjacent to an activating group) is 1. The second-order valence-corrected chi connectivity index (χ2v) is 5.66. The zero-order valence-electron chi connectivity index (χ0n) is 8.72. The van der Waals surface area contributed by atoms with Gasteiger partial charge in [0.15, 0.2) is 0 Å². The maximum absolute atomic E-state index is 11.9. The molecule has 0 saturated carbocycles. The van der Waals surface area contributed by atoms with Crippen molar-refractivity contribution in [1.29, 1.82) is 0 Å². The van der Waals surface area contributed by atoms with Crippen LogP contribution in [0.15, 0.2) is 23.1 Å². The molecule has 0 aliphatic carbocycles. The molecular formula is C9H13ClN2O3S. The van der Waals surface area contributed by atoms with Crippen molar-refractivity contribution in [2.75, 3.05) is 25.9 Å². The number of hydrogen-bond acceptors (Lipinski definition) is 4. The summed E-state index contributed by atoms with van der Waals surface area (Å²) in [7, 11) is -2.29. The molecule has 0 saturated heterocycles. The molecule has 0 bridgehead atoms. The molecule has 0 aromatic heterocycles. The van der Waals surface area contributed by atoms with Crippen LogP contribution in [-0.2, 0) is 10.0 Å². The fourth-order valence-electron chi connectivity index (χ4n) is 1.16. The first-order chi connectivity index (χ1) is 7.39. The molecule has 90 valence electrons. The summed E-state index contributed by atoms with van der Waals surface area (Å²) in [5, 5.41) is 8.78.